The fourth-order valence-corrected chi connectivity index (χ4v) is 2.99. The van der Waals surface area contributed by atoms with Crippen LogP contribution in [0.4, 0.5) is 0 Å². The molecule has 0 aliphatic carbocycles. The lowest BCUT2D eigenvalue weighted by molar-refractivity contribution is -0.145. The van der Waals surface area contributed by atoms with Crippen LogP contribution in [0.3, 0.4) is 0 Å². The Kier molecular flexibility index (Phi) is 6.49. The van der Waals surface area contributed by atoms with Gasteiger partial charge in [0.05, 0.1) is 12.0 Å². The highest BCUT2D eigenvalue weighted by Crippen LogP contribution is 2.38. The van der Waals surface area contributed by atoms with Crippen LogP contribution in [-0.2, 0) is 9.22 Å². The minimum Gasteiger partial charge on any atom is -0.481 e. The highest BCUT2D eigenvalue weighted by molar-refractivity contribution is 6.74. The predicted octanol–water partition coefficient (Wildman–Crippen LogP) is 4.31. The highest BCUT2D eigenvalue weighted by Gasteiger charge is 2.41. The predicted molar refractivity (Wildman–Crippen MR) is 82.8 cm³/mol. The molecule has 0 aromatic carbocycles. The van der Waals surface area contributed by atoms with Crippen LogP contribution < -0.4 is 0 Å². The molecule has 0 aromatic rings. The third-order valence-corrected chi connectivity index (χ3v) is 8.38. The maximum atomic E-state index is 11.5. The van der Waals surface area contributed by atoms with E-state index in [1.165, 1.54) is 0 Å². The van der Waals surface area contributed by atoms with E-state index in [4.69, 9.17) is 4.43 Å². The third-order valence-electron chi connectivity index (χ3n) is 3.91. The first kappa shape index (κ1) is 18.4. The van der Waals surface area contributed by atoms with E-state index in [0.29, 0.717) is 12.3 Å². The summed E-state index contributed by atoms with van der Waals surface area (Å²) in [6.07, 6.45) is 1.86. The Morgan fingerprint density at radius 1 is 1.37 bits per heavy atom. The summed E-state index contributed by atoms with van der Waals surface area (Å²) in [6, 6.07) is 0. The monoisotopic (exact) mass is 286 g/mol. The van der Waals surface area contributed by atoms with E-state index in [9.17, 15) is 9.90 Å². The smallest absolute Gasteiger partial charge is 0.309 e. The number of hydrogen-bond acceptors (Lipinski definition) is 2. The second kappa shape index (κ2) is 6.71. The van der Waals surface area contributed by atoms with Crippen LogP contribution in [-0.4, -0.2) is 25.5 Å². The molecular formula is C15H30O3Si. The Bertz CT molecular complexity index is 316. The van der Waals surface area contributed by atoms with Crippen molar-refractivity contribution in [1.82, 2.24) is 0 Å². The van der Waals surface area contributed by atoms with Gasteiger partial charge in [0.15, 0.2) is 8.32 Å². The van der Waals surface area contributed by atoms with E-state index < -0.39 is 26.3 Å². The average molecular weight is 286 g/mol. The number of carbonyl (C=O) groups is 1. The molecule has 0 rings (SSSR count). The van der Waals surface area contributed by atoms with Gasteiger partial charge in [-0.3, -0.25) is 4.79 Å². The van der Waals surface area contributed by atoms with Gasteiger partial charge >= 0.3 is 5.97 Å². The third kappa shape index (κ3) is 5.49. The minimum atomic E-state index is -1.98. The van der Waals surface area contributed by atoms with Crippen molar-refractivity contribution in [2.45, 2.75) is 65.3 Å². The maximum absolute atomic E-state index is 11.5. The van der Waals surface area contributed by atoms with Crippen LogP contribution in [0.25, 0.3) is 0 Å². The molecule has 0 aromatic heterocycles. The molecule has 112 valence electrons. The van der Waals surface area contributed by atoms with Crippen LogP contribution in [0.1, 0.15) is 41.0 Å². The fourth-order valence-electron chi connectivity index (χ4n) is 1.69. The van der Waals surface area contributed by atoms with E-state index in [0.717, 1.165) is 0 Å². The molecule has 19 heavy (non-hydrogen) atoms. The zero-order chi connectivity index (χ0) is 15.4. The van der Waals surface area contributed by atoms with E-state index in [1.54, 1.807) is 6.08 Å². The zero-order valence-electron chi connectivity index (χ0n) is 13.5. The van der Waals surface area contributed by atoms with Gasteiger partial charge in [0.2, 0.25) is 0 Å². The first-order valence-corrected chi connectivity index (χ1v) is 9.86. The lowest BCUT2D eigenvalue weighted by Crippen LogP contribution is -2.46. The van der Waals surface area contributed by atoms with Crippen molar-refractivity contribution in [2.24, 2.45) is 11.8 Å². The number of rotatable bonds is 7. The minimum absolute atomic E-state index is 0.0646. The van der Waals surface area contributed by atoms with Gasteiger partial charge in [0.1, 0.15) is 0 Å². The Morgan fingerprint density at radius 2 is 1.84 bits per heavy atom. The molecule has 0 saturated carbocycles. The molecule has 1 N–H and O–H groups in total. The van der Waals surface area contributed by atoms with Crippen molar-refractivity contribution in [1.29, 1.82) is 0 Å². The summed E-state index contributed by atoms with van der Waals surface area (Å²) in [4.78, 5) is 11.5. The van der Waals surface area contributed by atoms with Crippen LogP contribution >= 0.6 is 0 Å². The molecule has 0 aliphatic heterocycles. The first-order chi connectivity index (χ1) is 8.42. The van der Waals surface area contributed by atoms with Gasteiger partial charge in [-0.05, 0) is 30.5 Å². The fraction of sp³-hybridized carbons (Fsp3) is 0.800. The zero-order valence-corrected chi connectivity index (χ0v) is 14.5. The molecule has 0 amide bonds. The second-order valence-corrected chi connectivity index (χ2v) is 11.9. The van der Waals surface area contributed by atoms with Crippen molar-refractivity contribution < 1.29 is 14.3 Å². The number of carboxylic acids is 1. The van der Waals surface area contributed by atoms with Crippen molar-refractivity contribution in [3.63, 3.8) is 0 Å². The lowest BCUT2D eigenvalue weighted by atomic mass is 9.92. The summed E-state index contributed by atoms with van der Waals surface area (Å²) < 4.78 is 6.22. The van der Waals surface area contributed by atoms with Crippen LogP contribution in [0, 0.1) is 11.8 Å². The summed E-state index contributed by atoms with van der Waals surface area (Å²) in [5.41, 5.74) is 0. The van der Waals surface area contributed by atoms with Gasteiger partial charge in [-0.1, -0.05) is 40.7 Å². The first-order valence-electron chi connectivity index (χ1n) is 6.95. The molecule has 4 heteroatoms. The summed E-state index contributed by atoms with van der Waals surface area (Å²) >= 11 is 0. The maximum Gasteiger partial charge on any atom is 0.309 e. The van der Waals surface area contributed by atoms with E-state index >= 15 is 0 Å². The number of hydrogen-bond donors (Lipinski definition) is 1. The molecule has 0 radical (unpaired) electrons. The van der Waals surface area contributed by atoms with Gasteiger partial charge < -0.3 is 9.53 Å². The largest absolute Gasteiger partial charge is 0.481 e. The topological polar surface area (TPSA) is 46.5 Å². The van der Waals surface area contributed by atoms with Gasteiger partial charge in [-0.15, -0.1) is 6.58 Å². The molecular weight excluding hydrogens is 256 g/mol. The van der Waals surface area contributed by atoms with Gasteiger partial charge in [0.25, 0.3) is 0 Å². The molecule has 0 spiro atoms. The van der Waals surface area contributed by atoms with Crippen molar-refractivity contribution in [3.05, 3.63) is 12.7 Å². The number of aliphatic carboxylic acids is 1. The Hall–Kier alpha value is -0.613. The Balaban J connectivity index is 5.08. The van der Waals surface area contributed by atoms with Gasteiger partial charge in [-0.25, -0.2) is 0 Å². The van der Waals surface area contributed by atoms with E-state index in [2.05, 4.69) is 40.4 Å². The van der Waals surface area contributed by atoms with Gasteiger partial charge in [-0.2, -0.15) is 0 Å². The summed E-state index contributed by atoms with van der Waals surface area (Å²) in [5.74, 6) is -0.976. The van der Waals surface area contributed by atoms with Crippen LogP contribution in [0.5, 0.6) is 0 Å². The molecule has 0 fully saturated rings. The molecule has 0 unspecified atom stereocenters. The number of carboxylic acid groups (broad SMARTS) is 1. The van der Waals surface area contributed by atoms with Gasteiger partial charge in [0, 0.05) is 0 Å². The molecule has 0 heterocycles. The molecule has 0 bridgehead atoms. The molecule has 0 saturated heterocycles. The van der Waals surface area contributed by atoms with E-state index in [1.807, 2.05) is 13.8 Å². The SMILES string of the molecule is C=C[C@@H](O[Si](C)(C)C(C)(C)C)[C@H](CC(C)C)C(=O)O. The van der Waals surface area contributed by atoms with Crippen LogP contribution in [0.15, 0.2) is 12.7 Å². The summed E-state index contributed by atoms with van der Waals surface area (Å²) in [7, 11) is -1.98. The lowest BCUT2D eigenvalue weighted by Gasteiger charge is -2.40. The normalized spacial score (nSPS) is 16.2. The summed E-state index contributed by atoms with van der Waals surface area (Å²) in [6.45, 7) is 18.6. The second-order valence-electron chi connectivity index (χ2n) is 7.15. The quantitative estimate of drug-likeness (QED) is 0.560. The van der Waals surface area contributed by atoms with Crippen LogP contribution in [0.2, 0.25) is 18.1 Å². The average Bonchev–Trinajstić information content (AvgIpc) is 2.20. The molecule has 3 nitrogen and oxygen atoms in total. The standard InChI is InChI=1S/C15H30O3Si/c1-9-13(12(14(16)17)10-11(2)3)18-19(7,8)15(4,5)6/h9,11-13H,1,10H2,2-8H3,(H,16,17)/t12-,13+/m0/s1. The van der Waals surface area contributed by atoms with E-state index in [-0.39, 0.29) is 5.04 Å². The van der Waals surface area contributed by atoms with Crippen molar-refractivity contribution in [2.75, 3.05) is 0 Å². The Morgan fingerprint density at radius 3 is 2.11 bits per heavy atom. The summed E-state index contributed by atoms with van der Waals surface area (Å²) in [5, 5.41) is 9.48. The molecule has 2 atom stereocenters. The van der Waals surface area contributed by atoms with Crippen molar-refractivity contribution in [3.8, 4) is 0 Å². The highest BCUT2D eigenvalue weighted by atomic mass is 28.4. The molecule has 0 aliphatic rings. The Labute approximate surface area is 119 Å². The van der Waals surface area contributed by atoms with Crippen molar-refractivity contribution >= 4 is 14.3 Å².